The van der Waals surface area contributed by atoms with Gasteiger partial charge in [-0.1, -0.05) is 164 Å². The molecule has 0 bridgehead atoms. The van der Waals surface area contributed by atoms with Crippen LogP contribution in [-0.2, 0) is 5.75 Å². The molecule has 5 heteroatoms. The molecule has 1 aliphatic rings. The normalized spacial score (nSPS) is 12.6. The molecule has 0 fully saturated rings. The zero-order valence-electron chi connectivity index (χ0n) is 29.9. The zero-order chi connectivity index (χ0) is 36.3. The molecule has 0 radical (unpaired) electrons. The number of aromatic nitrogens is 2. The zero-order valence-corrected chi connectivity index (χ0v) is 32.5. The molecule has 8 aromatic carbocycles. The standard InChI is InChI=1S/C50H34N2S2Si/c1-3-16-37(17-4-1)55(38-18-5-2-6-19-38,40-21-12-15-36(31-40)41-23-13-24-43-42-22-7-10-27-47(42)54-50(41)43)39-20-11-14-34(30-39)35-28-29-46-48(32-35)53-33-49-51-44-25-8-9-26-45(44)52(46)49/h1-32H,33H2. The van der Waals surface area contributed by atoms with Crippen LogP contribution in [-0.4, -0.2) is 17.6 Å². The van der Waals surface area contributed by atoms with Gasteiger partial charge in [0, 0.05) is 25.1 Å². The highest BCUT2D eigenvalue weighted by Gasteiger charge is 2.41. The highest BCUT2D eigenvalue weighted by Crippen LogP contribution is 2.41. The first-order valence-corrected chi connectivity index (χ1v) is 22.5. The van der Waals surface area contributed by atoms with Crippen LogP contribution >= 0.6 is 23.1 Å². The van der Waals surface area contributed by atoms with Crippen LogP contribution in [0.5, 0.6) is 0 Å². The van der Waals surface area contributed by atoms with Crippen LogP contribution in [0.1, 0.15) is 5.82 Å². The topological polar surface area (TPSA) is 17.8 Å². The molecular formula is C50H34N2S2Si. The maximum Gasteiger partial charge on any atom is 0.179 e. The number of imidazole rings is 1. The van der Waals surface area contributed by atoms with Crippen molar-refractivity contribution in [3.05, 3.63) is 200 Å². The van der Waals surface area contributed by atoms with E-state index in [2.05, 4.69) is 199 Å². The van der Waals surface area contributed by atoms with Gasteiger partial charge in [-0.25, -0.2) is 4.98 Å². The van der Waals surface area contributed by atoms with Crippen molar-refractivity contribution in [3.8, 4) is 27.9 Å². The summed E-state index contributed by atoms with van der Waals surface area (Å²) in [5.74, 6) is 1.97. The second kappa shape index (κ2) is 13.1. The lowest BCUT2D eigenvalue weighted by atomic mass is 10.0. The average molecular weight is 755 g/mol. The van der Waals surface area contributed by atoms with E-state index in [-0.39, 0.29) is 0 Å². The van der Waals surface area contributed by atoms with Gasteiger partial charge < -0.3 is 0 Å². The predicted octanol–water partition coefficient (Wildman–Crippen LogP) is 10.7. The van der Waals surface area contributed by atoms with E-state index in [0.717, 1.165) is 17.1 Å². The third kappa shape index (κ3) is 5.19. The molecule has 55 heavy (non-hydrogen) atoms. The molecule has 260 valence electrons. The lowest BCUT2D eigenvalue weighted by Crippen LogP contribution is -2.74. The Balaban J connectivity index is 1.11. The summed E-state index contributed by atoms with van der Waals surface area (Å²) in [4.78, 5) is 6.24. The minimum atomic E-state index is -2.84. The lowest BCUT2D eigenvalue weighted by Gasteiger charge is -2.35. The second-order valence-corrected chi connectivity index (χ2v) is 20.1. The Morgan fingerprint density at radius 3 is 1.91 bits per heavy atom. The number of hydrogen-bond donors (Lipinski definition) is 0. The fourth-order valence-electron chi connectivity index (χ4n) is 8.78. The summed E-state index contributed by atoms with van der Waals surface area (Å²) >= 11 is 3.78. The molecule has 0 saturated heterocycles. The number of thiophene rings is 1. The molecule has 0 N–H and O–H groups in total. The number of hydrogen-bond acceptors (Lipinski definition) is 3. The van der Waals surface area contributed by atoms with Crippen LogP contribution in [0.3, 0.4) is 0 Å². The molecule has 11 rings (SSSR count). The third-order valence-electron chi connectivity index (χ3n) is 11.2. The molecule has 2 nitrogen and oxygen atoms in total. The summed E-state index contributed by atoms with van der Waals surface area (Å²) < 4.78 is 5.02. The highest BCUT2D eigenvalue weighted by atomic mass is 32.2. The number of benzene rings is 8. The molecule has 3 heterocycles. The minimum absolute atomic E-state index is 0.856. The molecule has 2 aromatic heterocycles. The van der Waals surface area contributed by atoms with Crippen LogP contribution in [0.4, 0.5) is 0 Å². The van der Waals surface area contributed by atoms with Gasteiger partial charge in [-0.2, -0.15) is 0 Å². The van der Waals surface area contributed by atoms with Gasteiger partial charge in [0.15, 0.2) is 8.07 Å². The van der Waals surface area contributed by atoms with Crippen LogP contribution in [0.15, 0.2) is 199 Å². The van der Waals surface area contributed by atoms with E-state index >= 15 is 0 Å². The maximum atomic E-state index is 4.96. The van der Waals surface area contributed by atoms with Gasteiger partial charge in [0.2, 0.25) is 0 Å². The summed E-state index contributed by atoms with van der Waals surface area (Å²) in [6.45, 7) is 0. The summed E-state index contributed by atoms with van der Waals surface area (Å²) in [6.07, 6.45) is 0. The van der Waals surface area contributed by atoms with Gasteiger partial charge in [-0.3, -0.25) is 4.57 Å². The van der Waals surface area contributed by atoms with Crippen molar-refractivity contribution in [2.75, 3.05) is 0 Å². The quantitative estimate of drug-likeness (QED) is 0.124. The monoisotopic (exact) mass is 754 g/mol. The molecule has 0 amide bonds. The second-order valence-electron chi connectivity index (χ2n) is 14.2. The van der Waals surface area contributed by atoms with Crippen LogP contribution in [0.2, 0.25) is 0 Å². The van der Waals surface area contributed by atoms with Gasteiger partial charge in [0.1, 0.15) is 5.82 Å². The molecule has 0 saturated carbocycles. The maximum absolute atomic E-state index is 4.96. The summed E-state index contributed by atoms with van der Waals surface area (Å²) in [6, 6.07) is 72.4. The molecule has 0 spiro atoms. The number of fused-ring (bicyclic) bond motifs is 8. The van der Waals surface area contributed by atoms with Gasteiger partial charge in [-0.05, 0) is 73.3 Å². The number of thioether (sulfide) groups is 1. The Morgan fingerprint density at radius 2 is 1.11 bits per heavy atom. The van der Waals surface area contributed by atoms with Crippen molar-refractivity contribution in [1.29, 1.82) is 0 Å². The lowest BCUT2D eigenvalue weighted by molar-refractivity contribution is 0.945. The van der Waals surface area contributed by atoms with E-state index < -0.39 is 8.07 Å². The molecule has 10 aromatic rings. The van der Waals surface area contributed by atoms with Gasteiger partial charge in [0.05, 0.1) is 22.5 Å². The van der Waals surface area contributed by atoms with Crippen molar-refractivity contribution in [2.24, 2.45) is 0 Å². The Kier molecular flexibility index (Phi) is 7.73. The molecule has 0 aliphatic carbocycles. The van der Waals surface area contributed by atoms with Gasteiger partial charge in [0.25, 0.3) is 0 Å². The molecule has 1 aliphatic heterocycles. The Morgan fingerprint density at radius 1 is 0.491 bits per heavy atom. The van der Waals surface area contributed by atoms with E-state index in [9.17, 15) is 0 Å². The largest absolute Gasteiger partial charge is 0.294 e. The number of rotatable bonds is 6. The highest BCUT2D eigenvalue weighted by molar-refractivity contribution is 7.98. The smallest absolute Gasteiger partial charge is 0.179 e. The fourth-order valence-corrected chi connectivity index (χ4v) is 15.8. The number of nitrogens with zero attached hydrogens (tertiary/aromatic N) is 2. The van der Waals surface area contributed by atoms with E-state index in [0.29, 0.717) is 0 Å². The Labute approximate surface area is 329 Å². The van der Waals surface area contributed by atoms with Crippen molar-refractivity contribution >= 4 is 83.1 Å². The first kappa shape index (κ1) is 32.4. The summed E-state index contributed by atoms with van der Waals surface area (Å²) in [7, 11) is -2.84. The van der Waals surface area contributed by atoms with Gasteiger partial charge in [-0.15, -0.1) is 23.1 Å². The van der Waals surface area contributed by atoms with Crippen molar-refractivity contribution in [1.82, 2.24) is 9.55 Å². The minimum Gasteiger partial charge on any atom is -0.294 e. The van der Waals surface area contributed by atoms with E-state index in [1.165, 1.54) is 79.3 Å². The molecule has 0 atom stereocenters. The molecular weight excluding hydrogens is 721 g/mol. The number of para-hydroxylation sites is 2. The SMILES string of the molecule is c1ccc([Si](c2ccccc2)(c2cccc(-c3ccc4c(c3)SCc3nc5ccccc5n3-4)c2)c2cccc(-c3cccc4c3sc3ccccc34)c2)cc1. The van der Waals surface area contributed by atoms with Crippen molar-refractivity contribution < 1.29 is 0 Å². The van der Waals surface area contributed by atoms with E-state index in [4.69, 9.17) is 4.98 Å². The van der Waals surface area contributed by atoms with Gasteiger partial charge >= 0.3 is 0 Å². The average Bonchev–Trinajstić information content (AvgIpc) is 3.84. The summed E-state index contributed by atoms with van der Waals surface area (Å²) in [5.41, 5.74) is 8.44. The van der Waals surface area contributed by atoms with Crippen LogP contribution in [0.25, 0.3) is 59.1 Å². The predicted molar refractivity (Wildman–Crippen MR) is 238 cm³/mol. The van der Waals surface area contributed by atoms with Crippen molar-refractivity contribution in [3.63, 3.8) is 0 Å². The first-order valence-electron chi connectivity index (χ1n) is 18.7. The van der Waals surface area contributed by atoms with E-state index in [1.54, 1.807) is 0 Å². The first-order chi connectivity index (χ1) is 27.3. The Bertz CT molecular complexity index is 3020. The Hall–Kier alpha value is -5.98. The van der Waals surface area contributed by atoms with Crippen LogP contribution in [0, 0.1) is 0 Å². The molecule has 0 unspecified atom stereocenters. The van der Waals surface area contributed by atoms with Crippen molar-refractivity contribution in [2.45, 2.75) is 10.6 Å². The summed E-state index contributed by atoms with van der Waals surface area (Å²) in [5, 5.41) is 8.14. The van der Waals surface area contributed by atoms with E-state index in [1.807, 2.05) is 23.1 Å². The third-order valence-corrected chi connectivity index (χ3v) is 18.3. The van der Waals surface area contributed by atoms with Crippen LogP contribution < -0.4 is 20.7 Å². The fraction of sp³-hybridized carbons (Fsp3) is 0.0200.